The predicted molar refractivity (Wildman–Crippen MR) is 119 cm³/mol. The van der Waals surface area contributed by atoms with Gasteiger partial charge in [0.15, 0.2) is 0 Å². The minimum Gasteiger partial charge on any atom is -0.377 e. The maximum Gasteiger partial charge on any atom is 0.0717 e. The van der Waals surface area contributed by atoms with Gasteiger partial charge in [0, 0.05) is 56.1 Å². The Bertz CT molecular complexity index is 866. The van der Waals surface area contributed by atoms with E-state index in [0.29, 0.717) is 6.61 Å². The number of hydrogen-bond donors (Lipinski definition) is 2. The molecule has 1 aliphatic carbocycles. The van der Waals surface area contributed by atoms with Gasteiger partial charge in [0.1, 0.15) is 0 Å². The fourth-order valence-corrected chi connectivity index (χ4v) is 5.55. The second-order valence-corrected chi connectivity index (χ2v) is 8.84. The third kappa shape index (κ3) is 3.58. The van der Waals surface area contributed by atoms with E-state index < -0.39 is 0 Å². The Hall–Kier alpha value is -1.88. The molecule has 154 valence electrons. The van der Waals surface area contributed by atoms with Crippen LogP contribution in [0.2, 0.25) is 0 Å². The minimum absolute atomic E-state index is 0.180. The molecular weight excluding hydrogens is 358 g/mol. The van der Waals surface area contributed by atoms with Gasteiger partial charge in [-0.25, -0.2) is 0 Å². The molecule has 4 nitrogen and oxygen atoms in total. The summed E-state index contributed by atoms with van der Waals surface area (Å²) in [4.78, 5) is 2.57. The Kier molecular flexibility index (Phi) is 5.33. The van der Waals surface area contributed by atoms with Crippen molar-refractivity contribution in [3.63, 3.8) is 0 Å². The number of benzene rings is 2. The first kappa shape index (κ1) is 19.1. The largest absolute Gasteiger partial charge is 0.377 e. The standard InChI is InChI=1S/C25H33N3O/c1-2-29-18-20-5-7-21-24(16-20)27-23-8-6-19(17-28-13-11-26-12-14-28)15-22(23)25(21)9-3-4-10-25/h5-8,15-16,26-27H,2-4,9-14,17-18H2,1H3. The highest BCUT2D eigenvalue weighted by Crippen LogP contribution is 2.54. The van der Waals surface area contributed by atoms with E-state index in [1.165, 1.54) is 59.3 Å². The van der Waals surface area contributed by atoms with E-state index in [1.54, 1.807) is 0 Å². The van der Waals surface area contributed by atoms with Gasteiger partial charge in [-0.1, -0.05) is 37.1 Å². The van der Waals surface area contributed by atoms with E-state index in [1.807, 2.05) is 0 Å². The van der Waals surface area contributed by atoms with Crippen molar-refractivity contribution in [2.75, 3.05) is 38.1 Å². The van der Waals surface area contributed by atoms with Crippen molar-refractivity contribution in [3.05, 3.63) is 58.7 Å². The molecule has 29 heavy (non-hydrogen) atoms. The lowest BCUT2D eigenvalue weighted by molar-refractivity contribution is 0.134. The number of piperazine rings is 1. The van der Waals surface area contributed by atoms with Gasteiger partial charge in [-0.05, 0) is 54.2 Å². The first-order valence-corrected chi connectivity index (χ1v) is 11.3. The molecule has 1 spiro atoms. The summed E-state index contributed by atoms with van der Waals surface area (Å²) >= 11 is 0. The van der Waals surface area contributed by atoms with Crippen LogP contribution in [-0.4, -0.2) is 37.7 Å². The number of nitrogens with one attached hydrogen (secondary N) is 2. The Morgan fingerprint density at radius 2 is 1.72 bits per heavy atom. The molecule has 5 rings (SSSR count). The van der Waals surface area contributed by atoms with Gasteiger partial charge in [0.25, 0.3) is 0 Å². The zero-order valence-electron chi connectivity index (χ0n) is 17.6. The van der Waals surface area contributed by atoms with Gasteiger partial charge in [-0.2, -0.15) is 0 Å². The monoisotopic (exact) mass is 391 g/mol. The zero-order chi connectivity index (χ0) is 19.7. The van der Waals surface area contributed by atoms with Gasteiger partial charge in [-0.3, -0.25) is 4.90 Å². The van der Waals surface area contributed by atoms with Crippen molar-refractivity contribution in [1.29, 1.82) is 0 Å². The molecular formula is C25H33N3O. The summed E-state index contributed by atoms with van der Waals surface area (Å²) in [6.07, 6.45) is 5.16. The van der Waals surface area contributed by atoms with Crippen LogP contribution in [0.4, 0.5) is 11.4 Å². The number of ether oxygens (including phenoxy) is 1. The normalized spacial score (nSPS) is 20.3. The van der Waals surface area contributed by atoms with Crippen molar-refractivity contribution in [2.24, 2.45) is 0 Å². The van der Waals surface area contributed by atoms with Crippen LogP contribution in [0.1, 0.15) is 54.9 Å². The predicted octanol–water partition coefficient (Wildman–Crippen LogP) is 4.55. The maximum atomic E-state index is 5.65. The summed E-state index contributed by atoms with van der Waals surface area (Å²) in [6.45, 7) is 9.06. The Morgan fingerprint density at radius 3 is 2.52 bits per heavy atom. The number of nitrogens with zero attached hydrogens (tertiary/aromatic N) is 1. The third-order valence-electron chi connectivity index (χ3n) is 7.01. The van der Waals surface area contributed by atoms with Crippen molar-refractivity contribution >= 4 is 11.4 Å². The molecule has 2 aliphatic heterocycles. The molecule has 2 fully saturated rings. The van der Waals surface area contributed by atoms with Crippen molar-refractivity contribution < 1.29 is 4.74 Å². The van der Waals surface area contributed by atoms with Gasteiger partial charge in [-0.15, -0.1) is 0 Å². The van der Waals surface area contributed by atoms with Crippen molar-refractivity contribution in [2.45, 2.75) is 51.2 Å². The lowest BCUT2D eigenvalue weighted by Crippen LogP contribution is -2.42. The Balaban J connectivity index is 1.49. The zero-order valence-corrected chi connectivity index (χ0v) is 17.6. The van der Waals surface area contributed by atoms with Crippen LogP contribution in [0.15, 0.2) is 36.4 Å². The molecule has 2 N–H and O–H groups in total. The summed E-state index contributed by atoms with van der Waals surface area (Å²) in [6, 6.07) is 14.1. The first-order valence-electron chi connectivity index (χ1n) is 11.3. The smallest absolute Gasteiger partial charge is 0.0717 e. The summed E-state index contributed by atoms with van der Waals surface area (Å²) in [7, 11) is 0. The third-order valence-corrected chi connectivity index (χ3v) is 7.01. The SMILES string of the molecule is CCOCc1ccc2c(c1)Nc1ccc(CN3CCNCC3)cc1C21CCCC1. The van der Waals surface area contributed by atoms with Gasteiger partial charge < -0.3 is 15.4 Å². The van der Waals surface area contributed by atoms with E-state index in [2.05, 4.69) is 58.9 Å². The molecule has 0 atom stereocenters. The van der Waals surface area contributed by atoms with E-state index in [4.69, 9.17) is 4.74 Å². The molecule has 3 aliphatic rings. The van der Waals surface area contributed by atoms with Crippen LogP contribution in [0.3, 0.4) is 0 Å². The van der Waals surface area contributed by atoms with E-state index in [0.717, 1.165) is 39.3 Å². The minimum atomic E-state index is 0.180. The van der Waals surface area contributed by atoms with Crippen LogP contribution in [-0.2, 0) is 23.3 Å². The summed E-state index contributed by atoms with van der Waals surface area (Å²) in [5, 5.41) is 7.22. The number of anilines is 2. The van der Waals surface area contributed by atoms with Crippen molar-refractivity contribution in [3.8, 4) is 0 Å². The van der Waals surface area contributed by atoms with E-state index in [9.17, 15) is 0 Å². The number of rotatable bonds is 5. The van der Waals surface area contributed by atoms with Gasteiger partial charge in [0.2, 0.25) is 0 Å². The number of hydrogen-bond acceptors (Lipinski definition) is 4. The quantitative estimate of drug-likeness (QED) is 0.784. The maximum absolute atomic E-state index is 5.65. The lowest BCUT2D eigenvalue weighted by atomic mass is 9.69. The molecule has 2 aromatic carbocycles. The van der Waals surface area contributed by atoms with Crippen LogP contribution in [0.5, 0.6) is 0 Å². The Morgan fingerprint density at radius 1 is 0.931 bits per heavy atom. The highest BCUT2D eigenvalue weighted by Gasteiger charge is 2.43. The highest BCUT2D eigenvalue weighted by atomic mass is 16.5. The molecule has 0 unspecified atom stereocenters. The average molecular weight is 392 g/mol. The fourth-order valence-electron chi connectivity index (χ4n) is 5.55. The average Bonchev–Trinajstić information content (AvgIpc) is 3.24. The first-order chi connectivity index (χ1) is 14.3. The fraction of sp³-hybridized carbons (Fsp3) is 0.520. The van der Waals surface area contributed by atoms with Crippen LogP contribution in [0, 0.1) is 0 Å². The topological polar surface area (TPSA) is 36.5 Å². The second-order valence-electron chi connectivity index (χ2n) is 8.84. The van der Waals surface area contributed by atoms with Crippen LogP contribution < -0.4 is 10.6 Å². The molecule has 2 heterocycles. The second kappa shape index (κ2) is 8.10. The van der Waals surface area contributed by atoms with Gasteiger partial charge >= 0.3 is 0 Å². The Labute approximate surface area is 174 Å². The van der Waals surface area contributed by atoms with E-state index in [-0.39, 0.29) is 5.41 Å². The molecule has 0 bridgehead atoms. The molecule has 2 aromatic rings. The highest BCUT2D eigenvalue weighted by molar-refractivity contribution is 5.77. The molecule has 4 heteroatoms. The van der Waals surface area contributed by atoms with Crippen LogP contribution >= 0.6 is 0 Å². The van der Waals surface area contributed by atoms with E-state index >= 15 is 0 Å². The van der Waals surface area contributed by atoms with Crippen molar-refractivity contribution in [1.82, 2.24) is 10.2 Å². The molecule has 1 saturated carbocycles. The number of fused-ring (bicyclic) bond motifs is 4. The summed E-state index contributed by atoms with van der Waals surface area (Å²) < 4.78 is 5.65. The van der Waals surface area contributed by atoms with Crippen LogP contribution in [0.25, 0.3) is 0 Å². The van der Waals surface area contributed by atoms with Gasteiger partial charge in [0.05, 0.1) is 6.61 Å². The molecule has 0 amide bonds. The molecule has 0 aromatic heterocycles. The molecule has 1 saturated heterocycles. The molecule has 0 radical (unpaired) electrons. The summed E-state index contributed by atoms with van der Waals surface area (Å²) in [5.74, 6) is 0. The summed E-state index contributed by atoms with van der Waals surface area (Å²) in [5.41, 5.74) is 8.48. The lowest BCUT2D eigenvalue weighted by Gasteiger charge is -2.39.